The van der Waals surface area contributed by atoms with E-state index in [9.17, 15) is 9.59 Å². The van der Waals surface area contributed by atoms with E-state index in [-0.39, 0.29) is 19.0 Å². The molecule has 0 saturated carbocycles. The molecule has 1 N–H and O–H groups in total. The highest BCUT2D eigenvalue weighted by Gasteiger charge is 2.21. The highest BCUT2D eigenvalue weighted by Crippen LogP contribution is 2.15. The Kier molecular flexibility index (Phi) is 13.5. The Morgan fingerprint density at radius 1 is 0.732 bits per heavy atom. The summed E-state index contributed by atoms with van der Waals surface area (Å²) in [4.78, 5) is 27.2. The predicted molar refractivity (Wildman–Crippen MR) is 159 cm³/mol. The molecule has 0 radical (unpaired) electrons. The van der Waals surface area contributed by atoms with Gasteiger partial charge < -0.3 is 29.2 Å². The van der Waals surface area contributed by atoms with Crippen molar-refractivity contribution in [3.8, 4) is 11.5 Å². The molecule has 220 valence electrons. The molecule has 8 nitrogen and oxygen atoms in total. The number of rotatable bonds is 17. The van der Waals surface area contributed by atoms with Crippen molar-refractivity contribution < 1.29 is 28.5 Å². The van der Waals surface area contributed by atoms with E-state index >= 15 is 0 Å². The Morgan fingerprint density at radius 2 is 1.27 bits per heavy atom. The Bertz CT molecular complexity index is 1120. The molecule has 0 aliphatic heterocycles. The summed E-state index contributed by atoms with van der Waals surface area (Å²) < 4.78 is 20.9. The molecule has 0 heterocycles. The second-order valence-electron chi connectivity index (χ2n) is 9.89. The maximum atomic E-state index is 12.7. The number of benzene rings is 3. The van der Waals surface area contributed by atoms with Crippen LogP contribution in [0.25, 0.3) is 0 Å². The number of nitrogens with zero attached hydrogens (tertiary/aromatic N) is 1. The number of carbonyl (C=O) groups excluding carboxylic acids is 2. The van der Waals surface area contributed by atoms with Crippen LogP contribution >= 0.6 is 0 Å². The fourth-order valence-corrected chi connectivity index (χ4v) is 4.58. The van der Waals surface area contributed by atoms with Crippen LogP contribution in [-0.2, 0) is 33.7 Å². The first-order chi connectivity index (χ1) is 20.0. The molecule has 3 aromatic rings. The van der Waals surface area contributed by atoms with Crippen molar-refractivity contribution in [1.29, 1.82) is 0 Å². The molecular weight excluding hydrogens is 520 g/mol. The fraction of sp³-hybridized carbons (Fsp3) is 0.394. The molecule has 1 amide bonds. The normalized spacial score (nSPS) is 11.5. The number of esters is 1. The summed E-state index contributed by atoms with van der Waals surface area (Å²) in [5.74, 6) is 1.30. The molecule has 41 heavy (non-hydrogen) atoms. The minimum absolute atomic E-state index is 0.0599. The highest BCUT2D eigenvalue weighted by molar-refractivity contribution is 5.72. The van der Waals surface area contributed by atoms with Crippen molar-refractivity contribution in [3.63, 3.8) is 0 Å². The zero-order valence-electron chi connectivity index (χ0n) is 24.3. The molecule has 0 fully saturated rings. The van der Waals surface area contributed by atoms with E-state index in [0.29, 0.717) is 6.54 Å². The summed E-state index contributed by atoms with van der Waals surface area (Å²) in [7, 11) is 4.68. The van der Waals surface area contributed by atoms with Gasteiger partial charge in [0.1, 0.15) is 18.1 Å². The highest BCUT2D eigenvalue weighted by atomic mass is 16.5. The smallest absolute Gasteiger partial charge is 0.407 e. The van der Waals surface area contributed by atoms with Crippen LogP contribution in [0.1, 0.15) is 36.0 Å². The Hall–Kier alpha value is -4.04. The van der Waals surface area contributed by atoms with Crippen LogP contribution in [0.3, 0.4) is 0 Å². The average Bonchev–Trinajstić information content (AvgIpc) is 3.01. The first-order valence-electron chi connectivity index (χ1n) is 14.0. The molecule has 0 aliphatic rings. The van der Waals surface area contributed by atoms with Gasteiger partial charge in [-0.15, -0.1) is 0 Å². The molecule has 1 unspecified atom stereocenters. The summed E-state index contributed by atoms with van der Waals surface area (Å²) in [5.41, 5.74) is 3.36. The molecule has 1 atom stereocenters. The fourth-order valence-electron chi connectivity index (χ4n) is 4.58. The van der Waals surface area contributed by atoms with Gasteiger partial charge in [-0.05, 0) is 79.7 Å². The standard InChI is InChI=1S/C33H42N2O6/c1-38-30-17-13-26(14-18-30)11-7-21-35(22-8-12-27-15-19-31(39-2)20-16-27)24-29(23-32(36)40-3)34-33(37)41-25-28-9-5-4-6-10-28/h4-6,9-10,13-20,29H,7-8,11-12,21-25H2,1-3H3,(H,34,37). The van der Waals surface area contributed by atoms with Crippen molar-refractivity contribution >= 4 is 12.1 Å². The first-order valence-corrected chi connectivity index (χ1v) is 14.0. The first kappa shape index (κ1) is 31.5. The zero-order chi connectivity index (χ0) is 29.3. The number of hydrogen-bond acceptors (Lipinski definition) is 7. The number of nitrogens with one attached hydrogen (secondary N) is 1. The Labute approximate surface area is 243 Å². The van der Waals surface area contributed by atoms with Crippen molar-refractivity contribution in [3.05, 3.63) is 95.6 Å². The maximum absolute atomic E-state index is 12.7. The predicted octanol–water partition coefficient (Wildman–Crippen LogP) is 5.43. The van der Waals surface area contributed by atoms with E-state index < -0.39 is 12.1 Å². The van der Waals surface area contributed by atoms with E-state index in [1.165, 1.54) is 18.2 Å². The van der Waals surface area contributed by atoms with Crippen LogP contribution in [0.5, 0.6) is 11.5 Å². The van der Waals surface area contributed by atoms with Crippen LogP contribution < -0.4 is 14.8 Å². The number of aryl methyl sites for hydroxylation is 2. The second kappa shape index (κ2) is 17.6. The third-order valence-corrected chi connectivity index (χ3v) is 6.85. The van der Waals surface area contributed by atoms with Gasteiger partial charge in [-0.25, -0.2) is 4.79 Å². The topological polar surface area (TPSA) is 86.3 Å². The van der Waals surface area contributed by atoms with Crippen molar-refractivity contribution in [1.82, 2.24) is 10.2 Å². The van der Waals surface area contributed by atoms with Crippen LogP contribution in [0, 0.1) is 0 Å². The van der Waals surface area contributed by atoms with Gasteiger partial charge >= 0.3 is 12.1 Å². The van der Waals surface area contributed by atoms with Gasteiger partial charge in [-0.2, -0.15) is 0 Å². The van der Waals surface area contributed by atoms with E-state index in [4.69, 9.17) is 18.9 Å². The number of methoxy groups -OCH3 is 3. The van der Waals surface area contributed by atoms with Crippen LogP contribution in [0.2, 0.25) is 0 Å². The summed E-state index contributed by atoms with van der Waals surface area (Å²) in [6, 6.07) is 25.2. The molecule has 0 aromatic heterocycles. The summed E-state index contributed by atoms with van der Waals surface area (Å²) in [6.45, 7) is 2.28. The third-order valence-electron chi connectivity index (χ3n) is 6.85. The van der Waals surface area contributed by atoms with Gasteiger partial charge in [0, 0.05) is 6.54 Å². The lowest BCUT2D eigenvalue weighted by Gasteiger charge is -2.28. The number of carbonyl (C=O) groups is 2. The monoisotopic (exact) mass is 562 g/mol. The second-order valence-corrected chi connectivity index (χ2v) is 9.89. The molecule has 8 heteroatoms. The average molecular weight is 563 g/mol. The van der Waals surface area contributed by atoms with Crippen molar-refractivity contribution in [2.75, 3.05) is 41.0 Å². The largest absolute Gasteiger partial charge is 0.497 e. The van der Waals surface area contributed by atoms with E-state index in [2.05, 4.69) is 34.5 Å². The molecule has 0 saturated heterocycles. The number of amides is 1. The van der Waals surface area contributed by atoms with Gasteiger partial charge in [-0.1, -0.05) is 54.6 Å². The van der Waals surface area contributed by atoms with E-state index in [1.54, 1.807) is 14.2 Å². The van der Waals surface area contributed by atoms with Gasteiger partial charge in [-0.3, -0.25) is 4.79 Å². The molecular formula is C33H42N2O6. The number of ether oxygens (including phenoxy) is 4. The molecule has 3 aromatic carbocycles. The molecule has 0 bridgehead atoms. The molecule has 3 rings (SSSR count). The molecule has 0 aliphatic carbocycles. The SMILES string of the molecule is COC(=O)CC(CN(CCCc1ccc(OC)cc1)CCCc1ccc(OC)cc1)NC(=O)OCc1ccccc1. The zero-order valence-corrected chi connectivity index (χ0v) is 24.3. The lowest BCUT2D eigenvalue weighted by atomic mass is 10.1. The van der Waals surface area contributed by atoms with E-state index in [1.807, 2.05) is 54.6 Å². The van der Waals surface area contributed by atoms with E-state index in [0.717, 1.165) is 55.8 Å². The quantitative estimate of drug-likeness (QED) is 0.220. The summed E-state index contributed by atoms with van der Waals surface area (Å²) in [6.07, 6.45) is 3.18. The minimum Gasteiger partial charge on any atom is -0.497 e. The maximum Gasteiger partial charge on any atom is 0.407 e. The third kappa shape index (κ3) is 11.9. The summed E-state index contributed by atoms with van der Waals surface area (Å²) in [5, 5.41) is 2.89. The minimum atomic E-state index is -0.556. The van der Waals surface area contributed by atoms with Gasteiger partial charge in [0.05, 0.1) is 33.8 Å². The van der Waals surface area contributed by atoms with Crippen LogP contribution in [0.4, 0.5) is 4.79 Å². The lowest BCUT2D eigenvalue weighted by molar-refractivity contribution is -0.141. The Morgan fingerprint density at radius 3 is 1.76 bits per heavy atom. The van der Waals surface area contributed by atoms with Crippen LogP contribution in [-0.4, -0.2) is 64.0 Å². The molecule has 0 spiro atoms. The number of alkyl carbamates (subject to hydrolysis) is 1. The lowest BCUT2D eigenvalue weighted by Crippen LogP contribution is -2.46. The number of hydrogen-bond donors (Lipinski definition) is 1. The van der Waals surface area contributed by atoms with Crippen molar-refractivity contribution in [2.45, 2.75) is 44.8 Å². The van der Waals surface area contributed by atoms with Gasteiger partial charge in [0.2, 0.25) is 0 Å². The van der Waals surface area contributed by atoms with Crippen molar-refractivity contribution in [2.24, 2.45) is 0 Å². The van der Waals surface area contributed by atoms with Crippen LogP contribution in [0.15, 0.2) is 78.9 Å². The van der Waals surface area contributed by atoms with Gasteiger partial charge in [0.25, 0.3) is 0 Å². The summed E-state index contributed by atoms with van der Waals surface area (Å²) >= 11 is 0. The van der Waals surface area contributed by atoms with Gasteiger partial charge in [0.15, 0.2) is 0 Å². The Balaban J connectivity index is 1.61.